The van der Waals surface area contributed by atoms with Gasteiger partial charge in [-0.05, 0) is 64.9 Å². The summed E-state index contributed by atoms with van der Waals surface area (Å²) in [6.45, 7) is 2.29. The molecule has 5 heteroatoms. The van der Waals surface area contributed by atoms with E-state index in [2.05, 4.69) is 159 Å². The molecule has 9 aromatic rings. The molecule has 0 fully saturated rings. The van der Waals surface area contributed by atoms with Crippen LogP contribution < -0.4 is 0 Å². The zero-order valence-electron chi connectivity index (χ0n) is 27.9. The summed E-state index contributed by atoms with van der Waals surface area (Å²) in [5.74, 6) is 2.49. The Morgan fingerprint density at radius 2 is 0.941 bits per heavy atom. The molecule has 0 N–H and O–H groups in total. The monoisotopic (exact) mass is 689 g/mol. The lowest BCUT2D eigenvalue weighted by molar-refractivity contribution is 0.758. The van der Waals surface area contributed by atoms with Crippen LogP contribution in [0.3, 0.4) is 0 Å². The van der Waals surface area contributed by atoms with Crippen LogP contribution in [0.15, 0.2) is 152 Å². The van der Waals surface area contributed by atoms with Crippen LogP contribution in [-0.4, -0.2) is 15.0 Å². The number of nitrogens with zero attached hydrogens (tertiary/aromatic N) is 3. The lowest BCUT2D eigenvalue weighted by atomic mass is 9.88. The number of fused-ring (bicyclic) bond motifs is 6. The number of hydrogen-bond acceptors (Lipinski definition) is 5. The third kappa shape index (κ3) is 5.37. The summed E-state index contributed by atoms with van der Waals surface area (Å²) in [4.78, 5) is 15.4. The minimum absolute atomic E-state index is 0.493. The van der Waals surface area contributed by atoms with Crippen LogP contribution in [-0.2, 0) is 0 Å². The summed E-state index contributed by atoms with van der Waals surface area (Å²) in [5, 5.41) is 5.15. The minimum atomic E-state index is 0.493. The van der Waals surface area contributed by atoms with Gasteiger partial charge in [-0.2, -0.15) is 0 Å². The van der Waals surface area contributed by atoms with Crippen molar-refractivity contribution < 1.29 is 0 Å². The van der Waals surface area contributed by atoms with Gasteiger partial charge >= 0.3 is 0 Å². The highest BCUT2D eigenvalue weighted by atomic mass is 32.1. The van der Waals surface area contributed by atoms with Gasteiger partial charge in [0.25, 0.3) is 0 Å². The zero-order valence-corrected chi connectivity index (χ0v) is 29.5. The van der Waals surface area contributed by atoms with Crippen molar-refractivity contribution >= 4 is 68.6 Å². The molecule has 0 amide bonds. The summed E-state index contributed by atoms with van der Waals surface area (Å²) < 4.78 is 5.11. The molecule has 242 valence electrons. The Morgan fingerprint density at radius 3 is 1.61 bits per heavy atom. The van der Waals surface area contributed by atoms with Gasteiger partial charge in [0.05, 0.1) is 0 Å². The molecule has 0 radical (unpaired) electrons. The van der Waals surface area contributed by atoms with Gasteiger partial charge in [0, 0.05) is 57.0 Å². The lowest BCUT2D eigenvalue weighted by Crippen LogP contribution is -2.02. The Bertz CT molecular complexity index is 2860. The summed E-state index contributed by atoms with van der Waals surface area (Å²) in [6.07, 6.45) is 7.70. The van der Waals surface area contributed by atoms with Crippen LogP contribution in [0.25, 0.3) is 91.2 Å². The van der Waals surface area contributed by atoms with Crippen molar-refractivity contribution in [3.8, 4) is 45.3 Å². The van der Waals surface area contributed by atoms with Gasteiger partial charge in [-0.15, -0.1) is 22.7 Å². The third-order valence-corrected chi connectivity index (χ3v) is 12.3. The standard InChI is InChI=1S/C46H31N3S2/c1-28-9-2-3-12-35(28)29-17-19-30(20-18-29)44-47-45(49-46(48-44)34-22-24-39-37-14-5-7-16-41(37)51-43(39)27-34)33-11-8-10-31(25-33)32-21-23-38-36-13-4-6-15-40(36)50-42(38)26-32/h2-8,10-28H,9H2,1H3. The molecule has 1 aliphatic rings. The first-order valence-corrected chi connectivity index (χ1v) is 19.0. The lowest BCUT2D eigenvalue weighted by Gasteiger charge is -2.17. The molecule has 0 aliphatic heterocycles. The Kier molecular flexibility index (Phi) is 7.22. The van der Waals surface area contributed by atoms with Crippen molar-refractivity contribution in [3.05, 3.63) is 157 Å². The second-order valence-electron chi connectivity index (χ2n) is 13.3. The molecule has 1 unspecified atom stereocenters. The molecule has 6 aromatic carbocycles. The maximum absolute atomic E-state index is 5.14. The van der Waals surface area contributed by atoms with Gasteiger partial charge in [0.2, 0.25) is 0 Å². The van der Waals surface area contributed by atoms with Crippen molar-refractivity contribution in [1.82, 2.24) is 15.0 Å². The molecule has 3 aromatic heterocycles. The zero-order chi connectivity index (χ0) is 33.9. The number of aromatic nitrogens is 3. The number of hydrogen-bond donors (Lipinski definition) is 0. The first-order chi connectivity index (χ1) is 25.1. The molecule has 1 atom stereocenters. The molecule has 1 aliphatic carbocycles. The van der Waals surface area contributed by atoms with E-state index in [9.17, 15) is 0 Å². The Hall–Kier alpha value is -5.75. The van der Waals surface area contributed by atoms with E-state index in [1.165, 1.54) is 57.0 Å². The van der Waals surface area contributed by atoms with Crippen LogP contribution in [0.4, 0.5) is 0 Å². The maximum Gasteiger partial charge on any atom is 0.164 e. The van der Waals surface area contributed by atoms with E-state index in [-0.39, 0.29) is 0 Å². The SMILES string of the molecule is CC1CC=CC=C1c1ccc(-c2nc(-c3cccc(-c4ccc5c(c4)sc4ccccc45)c3)nc(-c3ccc4c(c3)sc3ccccc34)n2)cc1. The Balaban J connectivity index is 1.09. The molecule has 10 rings (SSSR count). The minimum Gasteiger partial charge on any atom is -0.208 e. The third-order valence-electron chi connectivity index (χ3n) is 10.0. The average Bonchev–Trinajstić information content (AvgIpc) is 3.75. The van der Waals surface area contributed by atoms with Gasteiger partial charge in [-0.25, -0.2) is 15.0 Å². The fraction of sp³-hybridized carbons (Fsp3) is 0.0652. The normalized spacial score (nSPS) is 14.5. The first-order valence-electron chi connectivity index (χ1n) is 17.3. The predicted octanol–water partition coefficient (Wildman–Crippen LogP) is 13.3. The molecule has 51 heavy (non-hydrogen) atoms. The van der Waals surface area contributed by atoms with Gasteiger partial charge < -0.3 is 0 Å². The van der Waals surface area contributed by atoms with E-state index < -0.39 is 0 Å². The quantitative estimate of drug-likeness (QED) is 0.181. The highest BCUT2D eigenvalue weighted by Gasteiger charge is 2.17. The van der Waals surface area contributed by atoms with Crippen LogP contribution in [0.1, 0.15) is 18.9 Å². The molecule has 0 bridgehead atoms. The van der Waals surface area contributed by atoms with E-state index in [1.807, 2.05) is 22.7 Å². The topological polar surface area (TPSA) is 38.7 Å². The van der Waals surface area contributed by atoms with Gasteiger partial charge in [0.15, 0.2) is 17.5 Å². The molecular formula is C46H31N3S2. The largest absolute Gasteiger partial charge is 0.208 e. The van der Waals surface area contributed by atoms with Gasteiger partial charge in [0.1, 0.15) is 0 Å². The highest BCUT2D eigenvalue weighted by molar-refractivity contribution is 7.26. The molecular weight excluding hydrogens is 659 g/mol. The van der Waals surface area contributed by atoms with Crippen LogP contribution >= 0.6 is 22.7 Å². The van der Waals surface area contributed by atoms with E-state index in [4.69, 9.17) is 15.0 Å². The van der Waals surface area contributed by atoms with Crippen molar-refractivity contribution in [1.29, 1.82) is 0 Å². The first kappa shape index (κ1) is 30.1. The van der Waals surface area contributed by atoms with Crippen molar-refractivity contribution in [3.63, 3.8) is 0 Å². The summed E-state index contributed by atoms with van der Waals surface area (Å²) in [7, 11) is 0. The van der Waals surface area contributed by atoms with E-state index in [1.54, 1.807) is 0 Å². The summed E-state index contributed by atoms with van der Waals surface area (Å²) >= 11 is 3.65. The van der Waals surface area contributed by atoms with Crippen LogP contribution in [0.2, 0.25) is 0 Å². The fourth-order valence-corrected chi connectivity index (χ4v) is 9.60. The molecule has 3 heterocycles. The van der Waals surface area contributed by atoms with Crippen LogP contribution in [0, 0.1) is 5.92 Å². The summed E-state index contributed by atoms with van der Waals surface area (Å²) in [6, 6.07) is 47.9. The van der Waals surface area contributed by atoms with E-state index >= 15 is 0 Å². The number of rotatable bonds is 5. The molecule has 0 saturated carbocycles. The fourth-order valence-electron chi connectivity index (χ4n) is 7.31. The predicted molar refractivity (Wildman–Crippen MR) is 218 cm³/mol. The summed E-state index contributed by atoms with van der Waals surface area (Å²) in [5.41, 5.74) is 7.83. The van der Waals surface area contributed by atoms with Gasteiger partial charge in [-0.3, -0.25) is 0 Å². The van der Waals surface area contributed by atoms with E-state index in [0.29, 0.717) is 23.4 Å². The molecule has 3 nitrogen and oxygen atoms in total. The molecule has 0 saturated heterocycles. The van der Waals surface area contributed by atoms with Gasteiger partial charge in [-0.1, -0.05) is 128 Å². The highest BCUT2D eigenvalue weighted by Crippen LogP contribution is 2.39. The van der Waals surface area contributed by atoms with Crippen molar-refractivity contribution in [2.24, 2.45) is 5.92 Å². The second kappa shape index (κ2) is 12.2. The van der Waals surface area contributed by atoms with E-state index in [0.717, 1.165) is 28.7 Å². The Labute approximate surface area is 303 Å². The van der Waals surface area contributed by atoms with Crippen molar-refractivity contribution in [2.75, 3.05) is 0 Å². The smallest absolute Gasteiger partial charge is 0.164 e. The number of thiophene rings is 2. The second-order valence-corrected chi connectivity index (χ2v) is 15.4. The Morgan fingerprint density at radius 1 is 0.451 bits per heavy atom. The van der Waals surface area contributed by atoms with Crippen molar-refractivity contribution in [2.45, 2.75) is 13.3 Å². The molecule has 0 spiro atoms. The van der Waals surface area contributed by atoms with Crippen LogP contribution in [0.5, 0.6) is 0 Å². The maximum atomic E-state index is 5.14. The number of benzene rings is 6. The average molecular weight is 690 g/mol. The number of allylic oxidation sites excluding steroid dienone is 4.